The van der Waals surface area contributed by atoms with Gasteiger partial charge in [-0.25, -0.2) is 9.97 Å². The number of likely N-dealkylation sites (tertiary alicyclic amines) is 1. The second-order valence-electron chi connectivity index (χ2n) is 8.70. The Hall–Kier alpha value is -3.73. The Bertz CT molecular complexity index is 1310. The van der Waals surface area contributed by atoms with Gasteiger partial charge in [-0.3, -0.25) is 14.2 Å². The fourth-order valence-corrected chi connectivity index (χ4v) is 4.73. The average Bonchev–Trinajstić information content (AvgIpc) is 2.81. The van der Waals surface area contributed by atoms with E-state index in [1.165, 1.54) is 6.33 Å². The van der Waals surface area contributed by atoms with Crippen molar-refractivity contribution in [2.24, 2.45) is 7.05 Å². The summed E-state index contributed by atoms with van der Waals surface area (Å²) in [5.41, 5.74) is 3.85. The van der Waals surface area contributed by atoms with E-state index >= 15 is 0 Å². The van der Waals surface area contributed by atoms with Gasteiger partial charge in [0.15, 0.2) is 0 Å². The van der Waals surface area contributed by atoms with Gasteiger partial charge in [0.2, 0.25) is 5.91 Å². The Balaban J connectivity index is 1.71. The molecular formula is C25H28N6O2. The molecule has 170 valence electrons. The van der Waals surface area contributed by atoms with Gasteiger partial charge >= 0.3 is 0 Å². The minimum Gasteiger partial charge on any atom is -0.363 e. The third-order valence-electron chi connectivity index (χ3n) is 6.73. The number of benzene rings is 1. The van der Waals surface area contributed by atoms with Crippen molar-refractivity contribution < 1.29 is 4.79 Å². The molecule has 4 rings (SSSR count). The number of hydrogen-bond acceptors (Lipinski definition) is 6. The fourth-order valence-electron chi connectivity index (χ4n) is 4.73. The molecule has 0 aliphatic carbocycles. The Labute approximate surface area is 192 Å². The molecule has 0 saturated carbocycles. The van der Waals surface area contributed by atoms with E-state index in [1.807, 2.05) is 43.0 Å². The van der Waals surface area contributed by atoms with Crippen LogP contribution in [0.3, 0.4) is 0 Å². The Morgan fingerprint density at radius 1 is 1.27 bits per heavy atom. The minimum atomic E-state index is -0.101. The minimum absolute atomic E-state index is 0.0564. The van der Waals surface area contributed by atoms with E-state index in [0.29, 0.717) is 30.1 Å². The van der Waals surface area contributed by atoms with Gasteiger partial charge in [-0.15, -0.1) is 0 Å². The number of aromatic nitrogens is 3. The predicted octanol–water partition coefficient (Wildman–Crippen LogP) is 3.41. The van der Waals surface area contributed by atoms with Crippen LogP contribution in [0, 0.1) is 18.3 Å². The van der Waals surface area contributed by atoms with Crippen molar-refractivity contribution in [3.05, 3.63) is 63.2 Å². The average molecular weight is 445 g/mol. The number of anilines is 1. The summed E-state index contributed by atoms with van der Waals surface area (Å²) in [5, 5.41) is 13.6. The third-order valence-corrected chi connectivity index (χ3v) is 6.73. The molecule has 0 unspecified atom stereocenters. The Morgan fingerprint density at radius 3 is 2.67 bits per heavy atom. The summed E-state index contributed by atoms with van der Waals surface area (Å²) in [7, 11) is 1.74. The van der Waals surface area contributed by atoms with Crippen molar-refractivity contribution >= 4 is 22.8 Å². The van der Waals surface area contributed by atoms with E-state index in [0.717, 1.165) is 34.9 Å². The molecule has 3 aromatic rings. The van der Waals surface area contributed by atoms with Gasteiger partial charge in [-0.05, 0) is 55.9 Å². The van der Waals surface area contributed by atoms with Gasteiger partial charge in [0.1, 0.15) is 17.8 Å². The Morgan fingerprint density at radius 2 is 2.00 bits per heavy atom. The van der Waals surface area contributed by atoms with Crippen LogP contribution < -0.4 is 10.9 Å². The van der Waals surface area contributed by atoms with Crippen LogP contribution in [0.5, 0.6) is 0 Å². The third kappa shape index (κ3) is 4.19. The maximum absolute atomic E-state index is 13.1. The maximum Gasteiger partial charge on any atom is 0.255 e. The van der Waals surface area contributed by atoms with Crippen molar-refractivity contribution in [1.29, 1.82) is 5.26 Å². The summed E-state index contributed by atoms with van der Waals surface area (Å²) in [5.74, 6) is 0.806. The largest absolute Gasteiger partial charge is 0.363 e. The molecule has 0 bridgehead atoms. The molecule has 3 heterocycles. The standard InChI is InChI=1S/C25H28N6O2/c1-15-19(13-26)6-5-7-20(15)16(2)29-23-22-12-21(18-8-10-31(11-9-18)17(3)32)25(33)30(4)24(22)28-14-27-23/h5-7,12,14,16,18H,8-11H2,1-4H3,(H,27,28,29)/t16-/m1/s1. The summed E-state index contributed by atoms with van der Waals surface area (Å²) in [6, 6.07) is 9.74. The summed E-state index contributed by atoms with van der Waals surface area (Å²) in [4.78, 5) is 35.5. The van der Waals surface area contributed by atoms with Crippen molar-refractivity contribution in [2.45, 2.75) is 45.6 Å². The highest BCUT2D eigenvalue weighted by Crippen LogP contribution is 2.31. The number of fused-ring (bicyclic) bond motifs is 1. The van der Waals surface area contributed by atoms with Crippen LogP contribution >= 0.6 is 0 Å². The first-order valence-corrected chi connectivity index (χ1v) is 11.2. The van der Waals surface area contributed by atoms with Crippen LogP contribution in [0.1, 0.15) is 60.9 Å². The number of aryl methyl sites for hydroxylation is 1. The molecule has 1 aliphatic rings. The summed E-state index contributed by atoms with van der Waals surface area (Å²) in [6.07, 6.45) is 2.97. The first-order chi connectivity index (χ1) is 15.8. The number of piperidine rings is 1. The van der Waals surface area contributed by atoms with Gasteiger partial charge in [-0.2, -0.15) is 5.26 Å². The Kier molecular flexibility index (Phi) is 6.14. The molecule has 33 heavy (non-hydrogen) atoms. The molecule has 0 radical (unpaired) electrons. The lowest BCUT2D eigenvalue weighted by atomic mass is 9.89. The summed E-state index contributed by atoms with van der Waals surface area (Å²) in [6.45, 7) is 6.86. The van der Waals surface area contributed by atoms with Gasteiger partial charge in [0, 0.05) is 32.6 Å². The van der Waals surface area contributed by atoms with E-state index in [4.69, 9.17) is 0 Å². The highest BCUT2D eigenvalue weighted by molar-refractivity contribution is 5.87. The molecule has 1 fully saturated rings. The van der Waals surface area contributed by atoms with Crippen LogP contribution in [-0.4, -0.2) is 38.4 Å². The topological polar surface area (TPSA) is 104 Å². The molecule has 2 aromatic heterocycles. The van der Waals surface area contributed by atoms with E-state index in [1.54, 1.807) is 18.5 Å². The summed E-state index contributed by atoms with van der Waals surface area (Å²) >= 11 is 0. The molecule has 1 aliphatic heterocycles. The normalized spacial score (nSPS) is 15.3. The van der Waals surface area contributed by atoms with E-state index in [9.17, 15) is 14.9 Å². The highest BCUT2D eigenvalue weighted by Gasteiger charge is 2.25. The van der Waals surface area contributed by atoms with Crippen LogP contribution in [-0.2, 0) is 11.8 Å². The van der Waals surface area contributed by atoms with E-state index < -0.39 is 0 Å². The van der Waals surface area contributed by atoms with E-state index in [-0.39, 0.29) is 23.4 Å². The van der Waals surface area contributed by atoms with Crippen LogP contribution in [0.4, 0.5) is 5.82 Å². The molecule has 1 saturated heterocycles. The lowest BCUT2D eigenvalue weighted by Crippen LogP contribution is -2.38. The first kappa shape index (κ1) is 22.5. The van der Waals surface area contributed by atoms with Crippen molar-refractivity contribution in [1.82, 2.24) is 19.4 Å². The lowest BCUT2D eigenvalue weighted by molar-refractivity contribution is -0.129. The van der Waals surface area contributed by atoms with E-state index in [2.05, 4.69) is 21.4 Å². The number of hydrogen-bond donors (Lipinski definition) is 1. The molecular weight excluding hydrogens is 416 g/mol. The zero-order valence-electron chi connectivity index (χ0n) is 19.4. The van der Waals surface area contributed by atoms with Gasteiger partial charge in [0.25, 0.3) is 5.56 Å². The predicted molar refractivity (Wildman–Crippen MR) is 127 cm³/mol. The van der Waals surface area contributed by atoms with Gasteiger partial charge < -0.3 is 10.2 Å². The molecule has 8 heteroatoms. The number of carbonyl (C=O) groups excluding carboxylic acids is 1. The van der Waals surface area contributed by atoms with Crippen LogP contribution in [0.25, 0.3) is 11.0 Å². The number of amides is 1. The van der Waals surface area contributed by atoms with Crippen molar-refractivity contribution in [3.63, 3.8) is 0 Å². The zero-order valence-corrected chi connectivity index (χ0v) is 19.4. The van der Waals surface area contributed by atoms with Crippen LogP contribution in [0.2, 0.25) is 0 Å². The quantitative estimate of drug-likeness (QED) is 0.661. The smallest absolute Gasteiger partial charge is 0.255 e. The lowest BCUT2D eigenvalue weighted by Gasteiger charge is -2.31. The molecule has 1 N–H and O–H groups in total. The van der Waals surface area contributed by atoms with Crippen molar-refractivity contribution in [3.8, 4) is 6.07 Å². The zero-order chi connectivity index (χ0) is 23.7. The second-order valence-corrected chi connectivity index (χ2v) is 8.70. The molecule has 1 atom stereocenters. The monoisotopic (exact) mass is 444 g/mol. The molecule has 8 nitrogen and oxygen atoms in total. The molecule has 0 spiro atoms. The number of nitriles is 1. The first-order valence-electron chi connectivity index (χ1n) is 11.2. The van der Waals surface area contributed by atoms with Gasteiger partial charge in [0.05, 0.1) is 23.1 Å². The molecule has 1 amide bonds. The fraction of sp³-hybridized carbons (Fsp3) is 0.400. The second kappa shape index (κ2) is 9.02. The molecule has 1 aromatic carbocycles. The maximum atomic E-state index is 13.1. The SMILES string of the molecule is CC(=O)N1CCC(c2cc3c(N[C@H](C)c4cccc(C#N)c4C)ncnc3n(C)c2=O)CC1. The number of rotatable bonds is 4. The number of carbonyl (C=O) groups is 1. The number of nitrogens with zero attached hydrogens (tertiary/aromatic N) is 5. The summed E-state index contributed by atoms with van der Waals surface area (Å²) < 4.78 is 1.58. The van der Waals surface area contributed by atoms with Gasteiger partial charge in [-0.1, -0.05) is 12.1 Å². The number of pyridine rings is 1. The van der Waals surface area contributed by atoms with Crippen molar-refractivity contribution in [2.75, 3.05) is 18.4 Å². The highest BCUT2D eigenvalue weighted by atomic mass is 16.2. The van der Waals surface area contributed by atoms with Crippen LogP contribution in [0.15, 0.2) is 35.4 Å². The number of nitrogens with one attached hydrogen (secondary N) is 1.